The maximum atomic E-state index is 13.5. The van der Waals surface area contributed by atoms with Crippen molar-refractivity contribution >= 4 is 33.7 Å². The van der Waals surface area contributed by atoms with Crippen molar-refractivity contribution in [2.24, 2.45) is 0 Å². The van der Waals surface area contributed by atoms with Crippen LogP contribution in [0.3, 0.4) is 0 Å². The Kier molecular flexibility index (Phi) is 4.70. The van der Waals surface area contributed by atoms with Crippen LogP contribution < -0.4 is 10.1 Å². The molecule has 0 aliphatic rings. The Morgan fingerprint density at radius 2 is 1.76 bits per heavy atom. The van der Waals surface area contributed by atoms with E-state index in [4.69, 9.17) is 5.10 Å². The van der Waals surface area contributed by atoms with Crippen LogP contribution in [0.2, 0.25) is 0 Å². The summed E-state index contributed by atoms with van der Waals surface area (Å²) in [5.74, 6) is 0.226. The summed E-state index contributed by atoms with van der Waals surface area (Å²) in [5, 5.41) is 11.1. The van der Waals surface area contributed by atoms with Gasteiger partial charge in [0.25, 0.3) is 5.56 Å². The first-order chi connectivity index (χ1) is 16.2. The molecular weight excluding hydrogens is 457 g/mol. The average Bonchev–Trinajstić information content (AvgIpc) is 3.62. The quantitative estimate of drug-likeness (QED) is 0.382. The number of aromatic nitrogens is 5. The van der Waals surface area contributed by atoms with E-state index in [0.29, 0.717) is 21.0 Å². The lowest BCUT2D eigenvalue weighted by Crippen LogP contribution is -2.23. The van der Waals surface area contributed by atoms with E-state index in [9.17, 15) is 9.18 Å². The zero-order valence-electron chi connectivity index (χ0n) is 16.9. The molecule has 6 aromatic rings. The summed E-state index contributed by atoms with van der Waals surface area (Å²) >= 11 is 2.80. The number of hydrogen-bond donors (Lipinski definition) is 0. The zero-order valence-corrected chi connectivity index (χ0v) is 18.6. The third-order valence-electron chi connectivity index (χ3n) is 5.09. The molecule has 0 unspecified atom stereocenters. The van der Waals surface area contributed by atoms with E-state index in [-0.39, 0.29) is 11.4 Å². The highest BCUT2D eigenvalue weighted by Crippen LogP contribution is 2.25. The topological polar surface area (TPSA) is 65.1 Å². The fourth-order valence-electron chi connectivity index (χ4n) is 3.52. The van der Waals surface area contributed by atoms with Crippen LogP contribution in [0.25, 0.3) is 38.7 Å². The van der Waals surface area contributed by atoms with Crippen LogP contribution >= 0.6 is 22.7 Å². The van der Waals surface area contributed by atoms with E-state index >= 15 is 0 Å². The fraction of sp³-hybridized carbons (Fsp3) is 0. The number of rotatable bonds is 4. The summed E-state index contributed by atoms with van der Waals surface area (Å²) in [4.78, 5) is 19.0. The Balaban J connectivity index is 1.51. The Bertz CT molecular complexity index is 1680. The molecule has 0 N–H and O–H groups in total. The fourth-order valence-corrected chi connectivity index (χ4v) is 5.07. The predicted molar refractivity (Wildman–Crippen MR) is 128 cm³/mol. The van der Waals surface area contributed by atoms with E-state index in [1.165, 1.54) is 39.3 Å². The molecule has 0 amide bonds. The van der Waals surface area contributed by atoms with Crippen molar-refractivity contribution < 1.29 is 4.39 Å². The van der Waals surface area contributed by atoms with Crippen LogP contribution in [0.4, 0.5) is 4.39 Å². The van der Waals surface area contributed by atoms with Gasteiger partial charge < -0.3 is 0 Å². The number of halogens is 1. The zero-order chi connectivity index (χ0) is 22.4. The van der Waals surface area contributed by atoms with E-state index < -0.39 is 0 Å². The Morgan fingerprint density at radius 1 is 0.939 bits per heavy atom. The van der Waals surface area contributed by atoms with Crippen LogP contribution in [0.1, 0.15) is 5.56 Å². The summed E-state index contributed by atoms with van der Waals surface area (Å²) in [6, 6.07) is 19.7. The molecule has 0 saturated carbocycles. The van der Waals surface area contributed by atoms with Gasteiger partial charge >= 0.3 is 0 Å². The van der Waals surface area contributed by atoms with E-state index in [1.807, 2.05) is 54.0 Å². The number of fused-ring (bicyclic) bond motifs is 1. The molecule has 160 valence electrons. The highest BCUT2D eigenvalue weighted by molar-refractivity contribution is 7.15. The minimum absolute atomic E-state index is 0.233. The summed E-state index contributed by atoms with van der Waals surface area (Å²) < 4.78 is 17.1. The minimum atomic E-state index is -0.319. The molecule has 0 bridgehead atoms. The third-order valence-corrected chi connectivity index (χ3v) is 6.92. The van der Waals surface area contributed by atoms with Crippen LogP contribution in [0.5, 0.6) is 0 Å². The largest absolute Gasteiger partial charge is 0.291 e. The lowest BCUT2D eigenvalue weighted by molar-refractivity contribution is 0.628. The average molecular weight is 472 g/mol. The molecule has 2 aromatic carbocycles. The van der Waals surface area contributed by atoms with Gasteiger partial charge in [-0.3, -0.25) is 4.79 Å². The van der Waals surface area contributed by atoms with Gasteiger partial charge in [-0.15, -0.1) is 16.4 Å². The smallest absolute Gasteiger partial charge is 0.266 e. The van der Waals surface area contributed by atoms with Crippen molar-refractivity contribution in [2.45, 2.75) is 0 Å². The van der Waals surface area contributed by atoms with Gasteiger partial charge in [0.2, 0.25) is 4.96 Å². The molecule has 0 aliphatic heterocycles. The number of hydrogen-bond acceptors (Lipinski definition) is 6. The standard InChI is InChI=1S/C24H14FN5OS2/c25-17-10-8-15(9-11-17)21-16(14-29(27-21)18-5-2-1-3-6-18)13-20-23(31)30-24(33-20)26-22(28-30)19-7-4-12-32-19/h1-14H/b20-13+. The summed E-state index contributed by atoms with van der Waals surface area (Å²) in [6.45, 7) is 0. The first-order valence-corrected chi connectivity index (χ1v) is 11.7. The molecule has 6 rings (SSSR count). The van der Waals surface area contributed by atoms with Gasteiger partial charge in [0.05, 0.1) is 15.1 Å². The molecular formula is C24H14FN5OS2. The number of thiazole rings is 1. The van der Waals surface area contributed by atoms with Gasteiger partial charge in [-0.2, -0.15) is 14.6 Å². The highest BCUT2D eigenvalue weighted by atomic mass is 32.1. The van der Waals surface area contributed by atoms with Crippen molar-refractivity contribution in [3.05, 3.63) is 105 Å². The van der Waals surface area contributed by atoms with E-state index in [1.54, 1.807) is 22.9 Å². The van der Waals surface area contributed by atoms with Crippen molar-refractivity contribution in [1.29, 1.82) is 0 Å². The Hall–Kier alpha value is -3.95. The molecule has 0 radical (unpaired) electrons. The summed E-state index contributed by atoms with van der Waals surface area (Å²) in [6.07, 6.45) is 3.65. The molecule has 4 aromatic heterocycles. The number of para-hydroxylation sites is 1. The summed E-state index contributed by atoms with van der Waals surface area (Å²) in [7, 11) is 0. The molecule has 0 spiro atoms. The van der Waals surface area contributed by atoms with Crippen molar-refractivity contribution in [3.63, 3.8) is 0 Å². The van der Waals surface area contributed by atoms with Crippen LogP contribution in [0, 0.1) is 5.82 Å². The van der Waals surface area contributed by atoms with Gasteiger partial charge in [0.15, 0.2) is 5.82 Å². The van der Waals surface area contributed by atoms with Crippen LogP contribution in [0.15, 0.2) is 83.1 Å². The molecule has 0 fully saturated rings. The van der Waals surface area contributed by atoms with E-state index in [0.717, 1.165) is 21.7 Å². The van der Waals surface area contributed by atoms with Gasteiger partial charge in [0, 0.05) is 17.3 Å². The first kappa shape index (κ1) is 19.7. The SMILES string of the molecule is O=c1/c(=C\c2cn(-c3ccccc3)nc2-c2ccc(F)cc2)sc2nc(-c3cccs3)nn12. The Labute approximate surface area is 194 Å². The molecule has 33 heavy (non-hydrogen) atoms. The maximum Gasteiger partial charge on any atom is 0.291 e. The Morgan fingerprint density at radius 3 is 2.48 bits per heavy atom. The lowest BCUT2D eigenvalue weighted by Gasteiger charge is -2.00. The molecule has 0 atom stereocenters. The second kappa shape index (κ2) is 7.88. The number of nitrogens with zero attached hydrogens (tertiary/aromatic N) is 5. The molecule has 4 heterocycles. The third kappa shape index (κ3) is 3.57. The second-order valence-electron chi connectivity index (χ2n) is 7.24. The van der Waals surface area contributed by atoms with Gasteiger partial charge in [-0.1, -0.05) is 35.6 Å². The normalized spacial score (nSPS) is 12.1. The first-order valence-electron chi connectivity index (χ1n) is 10.0. The molecule has 6 nitrogen and oxygen atoms in total. The lowest BCUT2D eigenvalue weighted by atomic mass is 10.1. The maximum absolute atomic E-state index is 13.5. The van der Waals surface area contributed by atoms with Gasteiger partial charge in [-0.05, 0) is 53.9 Å². The number of thiophene rings is 1. The van der Waals surface area contributed by atoms with Crippen molar-refractivity contribution in [1.82, 2.24) is 24.4 Å². The molecule has 9 heteroatoms. The van der Waals surface area contributed by atoms with Crippen LogP contribution in [-0.4, -0.2) is 24.4 Å². The predicted octanol–water partition coefficient (Wildman–Crippen LogP) is 4.42. The molecule has 0 saturated heterocycles. The molecule has 0 aliphatic carbocycles. The summed E-state index contributed by atoms with van der Waals surface area (Å²) in [5.41, 5.74) is 2.79. The van der Waals surface area contributed by atoms with Crippen molar-refractivity contribution in [3.8, 4) is 27.6 Å². The monoisotopic (exact) mass is 471 g/mol. The van der Waals surface area contributed by atoms with Crippen LogP contribution in [-0.2, 0) is 0 Å². The minimum Gasteiger partial charge on any atom is -0.266 e. The van der Waals surface area contributed by atoms with Gasteiger partial charge in [-0.25, -0.2) is 9.07 Å². The second-order valence-corrected chi connectivity index (χ2v) is 9.20. The number of benzene rings is 2. The highest BCUT2D eigenvalue weighted by Gasteiger charge is 2.15. The van der Waals surface area contributed by atoms with E-state index in [2.05, 4.69) is 10.1 Å². The van der Waals surface area contributed by atoms with Gasteiger partial charge in [0.1, 0.15) is 11.5 Å². The van der Waals surface area contributed by atoms with Crippen molar-refractivity contribution in [2.75, 3.05) is 0 Å².